The highest BCUT2D eigenvalue weighted by molar-refractivity contribution is 7.18. The number of aliphatic hydroxyl groups excluding tert-OH is 1. The minimum Gasteiger partial charge on any atom is -0.396 e. The molecule has 0 aliphatic rings. The Balaban J connectivity index is 2.29. The van der Waals surface area contributed by atoms with E-state index in [0.29, 0.717) is 13.0 Å². The lowest BCUT2D eigenvalue weighted by Crippen LogP contribution is -2.05. The van der Waals surface area contributed by atoms with Crippen molar-refractivity contribution in [2.24, 2.45) is 0 Å². The standard InChI is InChI=1S/C12H15NO2S/c1-2-15-10(7-8-14)12-13-9-5-3-4-6-11(9)16-12/h3-6,10,14H,2,7-8H2,1H3/t10-/m0/s1. The Hall–Kier alpha value is -0.970. The maximum absolute atomic E-state index is 9.00. The third kappa shape index (κ3) is 2.40. The van der Waals surface area contributed by atoms with Crippen LogP contribution in [0.1, 0.15) is 24.5 Å². The molecule has 1 N–H and O–H groups in total. The van der Waals surface area contributed by atoms with E-state index in [4.69, 9.17) is 9.84 Å². The van der Waals surface area contributed by atoms with Gasteiger partial charge in [0.1, 0.15) is 11.1 Å². The van der Waals surface area contributed by atoms with Gasteiger partial charge in [-0.05, 0) is 19.1 Å². The fraction of sp³-hybridized carbons (Fsp3) is 0.417. The average molecular weight is 237 g/mol. The van der Waals surface area contributed by atoms with Crippen molar-refractivity contribution in [1.29, 1.82) is 0 Å². The van der Waals surface area contributed by atoms with Gasteiger partial charge in [0.25, 0.3) is 0 Å². The Morgan fingerprint density at radius 3 is 2.94 bits per heavy atom. The normalized spacial score (nSPS) is 13.1. The first-order valence-electron chi connectivity index (χ1n) is 5.43. The van der Waals surface area contributed by atoms with Crippen LogP contribution in [0.4, 0.5) is 0 Å². The van der Waals surface area contributed by atoms with Gasteiger partial charge in [0.05, 0.1) is 10.2 Å². The van der Waals surface area contributed by atoms with Gasteiger partial charge in [-0.2, -0.15) is 0 Å². The first-order valence-corrected chi connectivity index (χ1v) is 6.24. The van der Waals surface area contributed by atoms with Gasteiger partial charge in [-0.3, -0.25) is 0 Å². The summed E-state index contributed by atoms with van der Waals surface area (Å²) in [4.78, 5) is 4.53. The molecule has 0 radical (unpaired) electrons. The zero-order valence-corrected chi connectivity index (χ0v) is 10.0. The number of hydrogen-bond donors (Lipinski definition) is 1. The van der Waals surface area contributed by atoms with Gasteiger partial charge in [0, 0.05) is 19.6 Å². The van der Waals surface area contributed by atoms with Crippen LogP contribution >= 0.6 is 11.3 Å². The van der Waals surface area contributed by atoms with Crippen LogP contribution in [-0.4, -0.2) is 23.3 Å². The number of aliphatic hydroxyl groups is 1. The zero-order chi connectivity index (χ0) is 11.4. The maximum Gasteiger partial charge on any atom is 0.123 e. The van der Waals surface area contributed by atoms with E-state index in [1.807, 2.05) is 25.1 Å². The van der Waals surface area contributed by atoms with Gasteiger partial charge >= 0.3 is 0 Å². The van der Waals surface area contributed by atoms with Crippen molar-refractivity contribution in [3.8, 4) is 0 Å². The number of aromatic nitrogens is 1. The molecule has 1 aromatic heterocycles. The minimum atomic E-state index is -0.0765. The van der Waals surface area contributed by atoms with Crippen LogP contribution < -0.4 is 0 Å². The number of ether oxygens (including phenoxy) is 1. The number of benzene rings is 1. The van der Waals surface area contributed by atoms with Gasteiger partial charge in [0.2, 0.25) is 0 Å². The van der Waals surface area contributed by atoms with Gasteiger partial charge in [0.15, 0.2) is 0 Å². The molecule has 1 atom stereocenters. The lowest BCUT2D eigenvalue weighted by molar-refractivity contribution is 0.0432. The summed E-state index contributed by atoms with van der Waals surface area (Å²) >= 11 is 1.64. The molecule has 0 unspecified atom stereocenters. The van der Waals surface area contributed by atoms with Crippen LogP contribution in [0, 0.1) is 0 Å². The summed E-state index contributed by atoms with van der Waals surface area (Å²) in [6.45, 7) is 2.72. The number of rotatable bonds is 5. The Labute approximate surface area is 98.7 Å². The maximum atomic E-state index is 9.00. The second-order valence-electron chi connectivity index (χ2n) is 3.48. The summed E-state index contributed by atoms with van der Waals surface area (Å²) in [5.74, 6) is 0. The molecule has 0 bridgehead atoms. The predicted octanol–water partition coefficient (Wildman–Crippen LogP) is 2.76. The Morgan fingerprint density at radius 1 is 1.44 bits per heavy atom. The highest BCUT2D eigenvalue weighted by atomic mass is 32.1. The molecular formula is C12H15NO2S. The SMILES string of the molecule is CCO[C@@H](CCO)c1nc2ccccc2s1. The molecule has 0 amide bonds. The number of hydrogen-bond acceptors (Lipinski definition) is 4. The van der Waals surface area contributed by atoms with E-state index >= 15 is 0 Å². The molecule has 4 heteroatoms. The Morgan fingerprint density at radius 2 is 2.25 bits per heavy atom. The third-order valence-corrected chi connectivity index (χ3v) is 3.47. The van der Waals surface area contributed by atoms with E-state index in [-0.39, 0.29) is 12.7 Å². The van der Waals surface area contributed by atoms with E-state index in [1.165, 1.54) is 4.70 Å². The molecule has 2 aromatic rings. The van der Waals surface area contributed by atoms with E-state index < -0.39 is 0 Å². The molecule has 2 rings (SSSR count). The van der Waals surface area contributed by atoms with Crippen LogP contribution in [-0.2, 0) is 4.74 Å². The van der Waals surface area contributed by atoms with Crippen molar-refractivity contribution in [2.45, 2.75) is 19.4 Å². The summed E-state index contributed by atoms with van der Waals surface area (Å²) in [6, 6.07) is 8.04. The van der Waals surface area contributed by atoms with Crippen LogP contribution in [0.5, 0.6) is 0 Å². The lowest BCUT2D eigenvalue weighted by Gasteiger charge is -2.12. The number of fused-ring (bicyclic) bond motifs is 1. The first-order chi connectivity index (χ1) is 7.85. The van der Waals surface area contributed by atoms with Crippen LogP contribution in [0.15, 0.2) is 24.3 Å². The zero-order valence-electron chi connectivity index (χ0n) is 9.22. The number of nitrogens with zero attached hydrogens (tertiary/aromatic N) is 1. The largest absolute Gasteiger partial charge is 0.396 e. The highest BCUT2D eigenvalue weighted by Crippen LogP contribution is 2.29. The molecule has 0 aliphatic heterocycles. The second kappa shape index (κ2) is 5.39. The van der Waals surface area contributed by atoms with Crippen molar-refractivity contribution < 1.29 is 9.84 Å². The Bertz CT molecular complexity index is 416. The monoisotopic (exact) mass is 237 g/mol. The number of para-hydroxylation sites is 1. The fourth-order valence-corrected chi connectivity index (χ4v) is 2.68. The summed E-state index contributed by atoms with van der Waals surface area (Å²) in [7, 11) is 0. The lowest BCUT2D eigenvalue weighted by atomic mass is 10.3. The molecule has 1 heterocycles. The van der Waals surface area contributed by atoms with Crippen molar-refractivity contribution in [2.75, 3.05) is 13.2 Å². The average Bonchev–Trinajstić information content (AvgIpc) is 2.72. The van der Waals surface area contributed by atoms with E-state index in [9.17, 15) is 0 Å². The summed E-state index contributed by atoms with van der Waals surface area (Å²) < 4.78 is 6.75. The van der Waals surface area contributed by atoms with Gasteiger partial charge in [-0.25, -0.2) is 4.98 Å². The van der Waals surface area contributed by atoms with Gasteiger partial charge in [-0.1, -0.05) is 12.1 Å². The molecule has 0 spiro atoms. The van der Waals surface area contributed by atoms with E-state index in [2.05, 4.69) is 11.1 Å². The van der Waals surface area contributed by atoms with Crippen LogP contribution in [0.3, 0.4) is 0 Å². The fourth-order valence-electron chi connectivity index (χ4n) is 1.62. The molecule has 1 aromatic carbocycles. The van der Waals surface area contributed by atoms with Crippen molar-refractivity contribution in [3.63, 3.8) is 0 Å². The molecule has 16 heavy (non-hydrogen) atoms. The van der Waals surface area contributed by atoms with Crippen LogP contribution in [0.25, 0.3) is 10.2 Å². The van der Waals surface area contributed by atoms with E-state index in [1.54, 1.807) is 11.3 Å². The topological polar surface area (TPSA) is 42.4 Å². The molecule has 0 aliphatic carbocycles. The molecule has 0 saturated heterocycles. The molecule has 0 fully saturated rings. The molecular weight excluding hydrogens is 222 g/mol. The molecule has 3 nitrogen and oxygen atoms in total. The van der Waals surface area contributed by atoms with Crippen LogP contribution in [0.2, 0.25) is 0 Å². The molecule has 0 saturated carbocycles. The highest BCUT2D eigenvalue weighted by Gasteiger charge is 2.15. The van der Waals surface area contributed by atoms with E-state index in [0.717, 1.165) is 10.5 Å². The quantitative estimate of drug-likeness (QED) is 0.869. The summed E-state index contributed by atoms with van der Waals surface area (Å²) in [5, 5.41) is 9.95. The van der Waals surface area contributed by atoms with Gasteiger partial charge < -0.3 is 9.84 Å². The predicted molar refractivity (Wildman–Crippen MR) is 65.7 cm³/mol. The van der Waals surface area contributed by atoms with Crippen molar-refractivity contribution in [3.05, 3.63) is 29.3 Å². The second-order valence-corrected chi connectivity index (χ2v) is 4.54. The van der Waals surface area contributed by atoms with Crippen molar-refractivity contribution >= 4 is 21.6 Å². The van der Waals surface area contributed by atoms with Crippen molar-refractivity contribution in [1.82, 2.24) is 4.98 Å². The third-order valence-electron chi connectivity index (χ3n) is 2.35. The summed E-state index contributed by atoms with van der Waals surface area (Å²) in [6.07, 6.45) is 0.528. The number of thiazole rings is 1. The summed E-state index contributed by atoms with van der Waals surface area (Å²) in [5.41, 5.74) is 1.00. The minimum absolute atomic E-state index is 0.0765. The van der Waals surface area contributed by atoms with Gasteiger partial charge in [-0.15, -0.1) is 11.3 Å². The smallest absolute Gasteiger partial charge is 0.123 e. The Kier molecular flexibility index (Phi) is 3.88. The molecule has 86 valence electrons. The first kappa shape index (κ1) is 11.5.